The molecule has 0 saturated heterocycles. The zero-order valence-corrected chi connectivity index (χ0v) is 10.8. The summed E-state index contributed by atoms with van der Waals surface area (Å²) in [4.78, 5) is 17.4. The largest absolute Gasteiger partial charge is 0.489 e. The van der Waals surface area contributed by atoms with Crippen LogP contribution in [0.2, 0.25) is 0 Å². The molecular formula is C15H14N2O3. The normalized spacial score (nSPS) is 13.5. The number of pyridine rings is 1. The van der Waals surface area contributed by atoms with E-state index >= 15 is 0 Å². The maximum Gasteiger partial charge on any atom is 0.339 e. The molecule has 0 amide bonds. The number of fused-ring (bicyclic) bond motifs is 1. The number of aromatic nitrogens is 1. The van der Waals surface area contributed by atoms with Gasteiger partial charge in [0.15, 0.2) is 5.75 Å². The van der Waals surface area contributed by atoms with E-state index in [1.54, 1.807) is 18.3 Å². The van der Waals surface area contributed by atoms with Crippen molar-refractivity contribution in [2.24, 2.45) is 0 Å². The number of ether oxygens (including phenoxy) is 1. The van der Waals surface area contributed by atoms with Gasteiger partial charge in [-0.2, -0.15) is 0 Å². The number of carboxylic acid groups (broad SMARTS) is 1. The Hall–Kier alpha value is -2.56. The molecule has 1 aliphatic heterocycles. The van der Waals surface area contributed by atoms with Gasteiger partial charge in [-0.05, 0) is 23.8 Å². The minimum atomic E-state index is -0.968. The average Bonchev–Trinajstić information content (AvgIpc) is 2.48. The van der Waals surface area contributed by atoms with Gasteiger partial charge in [0.25, 0.3) is 0 Å². The fourth-order valence-corrected chi connectivity index (χ4v) is 2.35. The van der Waals surface area contributed by atoms with Crippen LogP contribution in [0.15, 0.2) is 42.7 Å². The minimum absolute atomic E-state index is 0.207. The fourth-order valence-electron chi connectivity index (χ4n) is 2.35. The van der Waals surface area contributed by atoms with Crippen LogP contribution in [0.5, 0.6) is 5.75 Å². The molecule has 1 N–H and O–H groups in total. The molecule has 5 heteroatoms. The first-order valence-corrected chi connectivity index (χ1v) is 6.38. The lowest BCUT2D eigenvalue weighted by Gasteiger charge is -2.31. The third kappa shape index (κ3) is 2.30. The van der Waals surface area contributed by atoms with Gasteiger partial charge < -0.3 is 14.7 Å². The molecule has 0 saturated carbocycles. The van der Waals surface area contributed by atoms with Gasteiger partial charge in [0.2, 0.25) is 0 Å². The van der Waals surface area contributed by atoms with Crippen molar-refractivity contribution >= 4 is 11.7 Å². The van der Waals surface area contributed by atoms with Gasteiger partial charge in [-0.3, -0.25) is 4.98 Å². The second-order valence-corrected chi connectivity index (χ2v) is 4.59. The number of hydrogen-bond donors (Lipinski definition) is 1. The van der Waals surface area contributed by atoms with E-state index in [1.165, 1.54) is 0 Å². The lowest BCUT2D eigenvalue weighted by molar-refractivity contribution is 0.0692. The zero-order chi connectivity index (χ0) is 13.9. The number of carbonyl (C=O) groups is 1. The predicted octanol–water partition coefficient (Wildman–Crippen LogP) is 2.18. The third-order valence-corrected chi connectivity index (χ3v) is 3.27. The molecule has 1 aromatic carbocycles. The molecule has 20 heavy (non-hydrogen) atoms. The summed E-state index contributed by atoms with van der Waals surface area (Å²) < 4.78 is 5.55. The Morgan fingerprint density at radius 2 is 2.25 bits per heavy atom. The number of nitrogens with zero attached hydrogens (tertiary/aromatic N) is 2. The Balaban J connectivity index is 1.94. The summed E-state index contributed by atoms with van der Waals surface area (Å²) in [5.74, 6) is -0.514. The average molecular weight is 270 g/mol. The second-order valence-electron chi connectivity index (χ2n) is 4.59. The van der Waals surface area contributed by atoms with Crippen molar-refractivity contribution in [3.63, 3.8) is 0 Å². The number of carboxylic acids is 1. The van der Waals surface area contributed by atoms with Crippen molar-refractivity contribution in [1.82, 2.24) is 4.98 Å². The first-order valence-electron chi connectivity index (χ1n) is 6.38. The van der Waals surface area contributed by atoms with E-state index in [4.69, 9.17) is 4.74 Å². The SMILES string of the molecule is O=C(O)c1cccc2c1OCCN2Cc1cccnc1. The van der Waals surface area contributed by atoms with Crippen LogP contribution in [0.25, 0.3) is 0 Å². The van der Waals surface area contributed by atoms with E-state index < -0.39 is 5.97 Å². The lowest BCUT2D eigenvalue weighted by Crippen LogP contribution is -2.32. The number of rotatable bonds is 3. The fraction of sp³-hybridized carbons (Fsp3) is 0.200. The van der Waals surface area contributed by atoms with E-state index in [-0.39, 0.29) is 5.56 Å². The Labute approximate surface area is 116 Å². The number of para-hydroxylation sites is 1. The topological polar surface area (TPSA) is 62.7 Å². The minimum Gasteiger partial charge on any atom is -0.489 e. The molecule has 2 heterocycles. The van der Waals surface area contributed by atoms with Gasteiger partial charge in [-0.1, -0.05) is 12.1 Å². The van der Waals surface area contributed by atoms with Crippen LogP contribution in [-0.4, -0.2) is 29.2 Å². The van der Waals surface area contributed by atoms with Gasteiger partial charge in [-0.25, -0.2) is 4.79 Å². The first-order chi connectivity index (χ1) is 9.75. The van der Waals surface area contributed by atoms with Gasteiger partial charge in [-0.15, -0.1) is 0 Å². The van der Waals surface area contributed by atoms with Gasteiger partial charge in [0.1, 0.15) is 12.2 Å². The summed E-state index contributed by atoms with van der Waals surface area (Å²) in [6, 6.07) is 9.09. The van der Waals surface area contributed by atoms with E-state index in [1.807, 2.05) is 24.4 Å². The molecule has 0 unspecified atom stereocenters. The zero-order valence-electron chi connectivity index (χ0n) is 10.8. The van der Waals surface area contributed by atoms with Crippen LogP contribution < -0.4 is 9.64 Å². The molecule has 5 nitrogen and oxygen atoms in total. The quantitative estimate of drug-likeness (QED) is 0.926. The maximum atomic E-state index is 11.2. The molecule has 0 fully saturated rings. The molecule has 0 bridgehead atoms. The molecule has 1 aromatic heterocycles. The highest BCUT2D eigenvalue weighted by Gasteiger charge is 2.23. The van der Waals surface area contributed by atoms with E-state index in [2.05, 4.69) is 9.88 Å². The molecule has 3 rings (SSSR count). The van der Waals surface area contributed by atoms with Gasteiger partial charge >= 0.3 is 5.97 Å². The van der Waals surface area contributed by atoms with Crippen LogP contribution >= 0.6 is 0 Å². The van der Waals surface area contributed by atoms with Gasteiger partial charge in [0, 0.05) is 18.9 Å². The van der Waals surface area contributed by atoms with E-state index in [0.29, 0.717) is 18.9 Å². The third-order valence-electron chi connectivity index (χ3n) is 3.27. The summed E-state index contributed by atoms with van der Waals surface area (Å²) in [5.41, 5.74) is 2.11. The molecule has 0 aliphatic carbocycles. The lowest BCUT2D eigenvalue weighted by atomic mass is 10.1. The van der Waals surface area contributed by atoms with Crippen molar-refractivity contribution in [2.75, 3.05) is 18.1 Å². The maximum absolute atomic E-state index is 11.2. The van der Waals surface area contributed by atoms with Crippen LogP contribution in [0.1, 0.15) is 15.9 Å². The Bertz CT molecular complexity index is 628. The monoisotopic (exact) mass is 270 g/mol. The highest BCUT2D eigenvalue weighted by molar-refractivity contribution is 5.93. The summed E-state index contributed by atoms with van der Waals surface area (Å²) in [5, 5.41) is 9.21. The van der Waals surface area contributed by atoms with Crippen molar-refractivity contribution in [3.8, 4) is 5.75 Å². The van der Waals surface area contributed by atoms with Gasteiger partial charge in [0.05, 0.1) is 12.2 Å². The van der Waals surface area contributed by atoms with Crippen LogP contribution in [-0.2, 0) is 6.54 Å². The molecule has 102 valence electrons. The van der Waals surface area contributed by atoms with Crippen LogP contribution in [0.4, 0.5) is 5.69 Å². The molecule has 1 aliphatic rings. The summed E-state index contributed by atoms with van der Waals surface area (Å²) in [6.45, 7) is 1.90. The molecule has 0 radical (unpaired) electrons. The molecule has 0 spiro atoms. The van der Waals surface area contributed by atoms with E-state index in [0.717, 1.165) is 17.8 Å². The molecular weight excluding hydrogens is 256 g/mol. The predicted molar refractivity (Wildman–Crippen MR) is 74.2 cm³/mol. The van der Waals surface area contributed by atoms with Crippen molar-refractivity contribution in [1.29, 1.82) is 0 Å². The Morgan fingerprint density at radius 3 is 3.00 bits per heavy atom. The number of aromatic carboxylic acids is 1. The molecule has 2 aromatic rings. The highest BCUT2D eigenvalue weighted by atomic mass is 16.5. The summed E-state index contributed by atoms with van der Waals surface area (Å²) in [7, 11) is 0. The number of hydrogen-bond acceptors (Lipinski definition) is 4. The van der Waals surface area contributed by atoms with Crippen molar-refractivity contribution < 1.29 is 14.6 Å². The Kier molecular flexibility index (Phi) is 3.25. The summed E-state index contributed by atoms with van der Waals surface area (Å²) in [6.07, 6.45) is 3.55. The van der Waals surface area contributed by atoms with Crippen LogP contribution in [0, 0.1) is 0 Å². The first kappa shape index (κ1) is 12.5. The van der Waals surface area contributed by atoms with E-state index in [9.17, 15) is 9.90 Å². The standard InChI is InChI=1S/C15H14N2O3/c18-15(19)12-4-1-5-13-14(12)20-8-7-17(13)10-11-3-2-6-16-9-11/h1-6,9H,7-8,10H2,(H,18,19). The molecule has 0 atom stereocenters. The van der Waals surface area contributed by atoms with Crippen molar-refractivity contribution in [3.05, 3.63) is 53.9 Å². The second kappa shape index (κ2) is 5.21. The van der Waals surface area contributed by atoms with Crippen LogP contribution in [0.3, 0.4) is 0 Å². The smallest absolute Gasteiger partial charge is 0.339 e. The van der Waals surface area contributed by atoms with Crippen molar-refractivity contribution in [2.45, 2.75) is 6.54 Å². The summed E-state index contributed by atoms with van der Waals surface area (Å²) >= 11 is 0. The highest BCUT2D eigenvalue weighted by Crippen LogP contribution is 2.35. The number of benzene rings is 1. The Morgan fingerprint density at radius 1 is 1.35 bits per heavy atom. The number of anilines is 1.